The number of nitro groups is 1. The van der Waals surface area contributed by atoms with E-state index in [-0.39, 0.29) is 16.8 Å². The largest absolute Gasteiger partial charge is 0.358 e. The fourth-order valence-electron chi connectivity index (χ4n) is 2.90. The number of rotatable bonds is 6. The second-order valence-corrected chi connectivity index (χ2v) is 5.62. The third-order valence-corrected chi connectivity index (χ3v) is 4.12. The summed E-state index contributed by atoms with van der Waals surface area (Å²) in [5.41, 5.74) is 6.93. The molecule has 1 saturated carbocycles. The molecule has 0 amide bonds. The topological polar surface area (TPSA) is 89.7 Å². The van der Waals surface area contributed by atoms with E-state index >= 15 is 0 Å². The molecule has 0 radical (unpaired) electrons. The van der Waals surface area contributed by atoms with Crippen molar-refractivity contribution in [2.45, 2.75) is 25.4 Å². The molecule has 7 heteroatoms. The molecule has 1 atom stereocenters. The molecule has 1 aliphatic carbocycles. The Hall–Kier alpha value is -1.99. The van der Waals surface area contributed by atoms with Crippen molar-refractivity contribution in [3.63, 3.8) is 0 Å². The highest BCUT2D eigenvalue weighted by molar-refractivity contribution is 5.48. The molecular weight excluding hydrogens is 270 g/mol. The van der Waals surface area contributed by atoms with Gasteiger partial charge < -0.3 is 15.8 Å². The molecule has 0 saturated heterocycles. The minimum atomic E-state index is -0.363. The minimum absolute atomic E-state index is 0.0454. The molecule has 7 nitrogen and oxygen atoms in total. The number of hydrogen-bond acceptors (Lipinski definition) is 5. The van der Waals surface area contributed by atoms with Crippen LogP contribution >= 0.6 is 0 Å². The maximum absolute atomic E-state index is 11.4. The lowest BCUT2D eigenvalue weighted by atomic mass is 10.1. The standard InChI is InChI=1S/C14H19N5O2/c1-17(12(8-15)10-5-6-10)9-11-14(19(20)21)18-7-3-2-4-13(18)16-11/h2-4,7,10,12H,5-6,8-9,15H2,1H3. The van der Waals surface area contributed by atoms with Gasteiger partial charge in [-0.1, -0.05) is 6.07 Å². The number of nitrogens with two attached hydrogens (primary N) is 1. The first-order chi connectivity index (χ1) is 10.1. The van der Waals surface area contributed by atoms with Crippen molar-refractivity contribution in [2.75, 3.05) is 13.6 Å². The van der Waals surface area contributed by atoms with Gasteiger partial charge in [-0.2, -0.15) is 4.40 Å². The van der Waals surface area contributed by atoms with Crippen molar-refractivity contribution in [3.8, 4) is 0 Å². The van der Waals surface area contributed by atoms with Crippen molar-refractivity contribution in [1.29, 1.82) is 0 Å². The van der Waals surface area contributed by atoms with Crippen molar-refractivity contribution >= 4 is 11.5 Å². The van der Waals surface area contributed by atoms with E-state index < -0.39 is 0 Å². The number of pyridine rings is 1. The monoisotopic (exact) mass is 289 g/mol. The Morgan fingerprint density at radius 2 is 2.33 bits per heavy atom. The molecule has 0 aromatic carbocycles. The van der Waals surface area contributed by atoms with Crippen molar-refractivity contribution in [2.24, 2.45) is 11.7 Å². The lowest BCUT2D eigenvalue weighted by molar-refractivity contribution is -0.391. The van der Waals surface area contributed by atoms with E-state index in [1.165, 1.54) is 17.2 Å². The van der Waals surface area contributed by atoms with E-state index in [1.807, 2.05) is 13.1 Å². The number of fused-ring (bicyclic) bond motifs is 1. The van der Waals surface area contributed by atoms with Gasteiger partial charge in [-0.3, -0.25) is 4.90 Å². The Kier molecular flexibility index (Phi) is 3.60. The van der Waals surface area contributed by atoms with Gasteiger partial charge in [0.25, 0.3) is 0 Å². The van der Waals surface area contributed by atoms with Gasteiger partial charge in [0.1, 0.15) is 0 Å². The summed E-state index contributed by atoms with van der Waals surface area (Å²) in [5, 5.41) is 11.4. The van der Waals surface area contributed by atoms with Crippen LogP contribution in [0.15, 0.2) is 24.4 Å². The Morgan fingerprint density at radius 1 is 1.57 bits per heavy atom. The number of hydrogen-bond donors (Lipinski definition) is 1. The molecule has 2 aromatic heterocycles. The second kappa shape index (κ2) is 5.42. The average Bonchev–Trinajstić information content (AvgIpc) is 3.19. The third kappa shape index (κ3) is 2.62. The van der Waals surface area contributed by atoms with Crippen LogP contribution in [0.1, 0.15) is 18.5 Å². The summed E-state index contributed by atoms with van der Waals surface area (Å²) in [6, 6.07) is 5.64. The Bertz CT molecular complexity index is 664. The molecule has 0 spiro atoms. The first kappa shape index (κ1) is 14.0. The Labute approximate surface area is 122 Å². The maximum Gasteiger partial charge on any atom is 0.352 e. The van der Waals surface area contributed by atoms with Gasteiger partial charge in [-0.15, -0.1) is 0 Å². The summed E-state index contributed by atoms with van der Waals surface area (Å²) in [6.45, 7) is 1.01. The zero-order chi connectivity index (χ0) is 15.0. The van der Waals surface area contributed by atoms with E-state index in [0.717, 1.165) is 0 Å². The second-order valence-electron chi connectivity index (χ2n) is 5.62. The minimum Gasteiger partial charge on any atom is -0.358 e. The van der Waals surface area contributed by atoms with E-state index in [2.05, 4.69) is 9.88 Å². The van der Waals surface area contributed by atoms with Crippen LogP contribution in [0.5, 0.6) is 0 Å². The molecule has 1 unspecified atom stereocenters. The van der Waals surface area contributed by atoms with Crippen LogP contribution < -0.4 is 5.73 Å². The molecule has 1 fully saturated rings. The summed E-state index contributed by atoms with van der Waals surface area (Å²) in [7, 11) is 1.96. The van der Waals surface area contributed by atoms with Crippen molar-refractivity contribution in [1.82, 2.24) is 14.3 Å². The Balaban J connectivity index is 1.92. The van der Waals surface area contributed by atoms with Crippen LogP contribution in [-0.4, -0.2) is 38.8 Å². The van der Waals surface area contributed by atoms with Crippen LogP contribution in [0.25, 0.3) is 5.65 Å². The number of imidazole rings is 1. The Morgan fingerprint density at radius 3 is 2.95 bits per heavy atom. The smallest absolute Gasteiger partial charge is 0.352 e. The van der Waals surface area contributed by atoms with Crippen LogP contribution in [0, 0.1) is 16.0 Å². The van der Waals surface area contributed by atoms with Crippen LogP contribution in [0.2, 0.25) is 0 Å². The number of likely N-dealkylation sites (N-methyl/N-ethyl adjacent to an activating group) is 1. The number of aromatic nitrogens is 2. The van der Waals surface area contributed by atoms with Gasteiger partial charge >= 0.3 is 5.82 Å². The highest BCUT2D eigenvalue weighted by Gasteiger charge is 2.34. The molecule has 0 aliphatic heterocycles. The molecule has 112 valence electrons. The predicted molar refractivity (Wildman–Crippen MR) is 78.9 cm³/mol. The third-order valence-electron chi connectivity index (χ3n) is 4.12. The fraction of sp³-hybridized carbons (Fsp3) is 0.500. The van der Waals surface area contributed by atoms with E-state index in [9.17, 15) is 10.1 Å². The summed E-state index contributed by atoms with van der Waals surface area (Å²) < 4.78 is 1.53. The van der Waals surface area contributed by atoms with Gasteiger partial charge in [0, 0.05) is 25.2 Å². The molecule has 2 N–H and O–H groups in total. The first-order valence-corrected chi connectivity index (χ1v) is 7.12. The van der Waals surface area contributed by atoms with Gasteiger partial charge in [0.2, 0.25) is 5.65 Å². The summed E-state index contributed by atoms with van der Waals surface area (Å²) in [6.07, 6.45) is 4.06. The fourth-order valence-corrected chi connectivity index (χ4v) is 2.90. The quantitative estimate of drug-likeness (QED) is 0.641. The molecular formula is C14H19N5O2. The molecule has 2 aromatic rings. The van der Waals surface area contributed by atoms with Crippen LogP contribution in [0.3, 0.4) is 0 Å². The highest BCUT2D eigenvalue weighted by atomic mass is 16.6. The zero-order valence-corrected chi connectivity index (χ0v) is 12.0. The summed E-state index contributed by atoms with van der Waals surface area (Å²) in [5.74, 6) is 0.667. The van der Waals surface area contributed by atoms with Gasteiger partial charge in [-0.25, -0.2) is 4.98 Å². The van der Waals surface area contributed by atoms with Gasteiger partial charge in [0.05, 0.1) is 6.20 Å². The van der Waals surface area contributed by atoms with Crippen LogP contribution in [0.4, 0.5) is 5.82 Å². The molecule has 2 heterocycles. The lowest BCUT2D eigenvalue weighted by Gasteiger charge is -2.25. The van der Waals surface area contributed by atoms with Gasteiger partial charge in [0.15, 0.2) is 5.69 Å². The highest BCUT2D eigenvalue weighted by Crippen LogP contribution is 2.35. The van der Waals surface area contributed by atoms with Gasteiger partial charge in [-0.05, 0) is 36.8 Å². The number of nitrogens with zero attached hydrogens (tertiary/aromatic N) is 4. The maximum atomic E-state index is 11.4. The SMILES string of the molecule is CN(Cc1nc2ccccn2c1[N+](=O)[O-])C(CN)C1CC1. The van der Waals surface area contributed by atoms with Crippen molar-refractivity contribution in [3.05, 3.63) is 40.2 Å². The van der Waals surface area contributed by atoms with E-state index in [4.69, 9.17) is 5.73 Å². The first-order valence-electron chi connectivity index (χ1n) is 7.12. The zero-order valence-electron chi connectivity index (χ0n) is 12.0. The molecule has 3 rings (SSSR count). The van der Waals surface area contributed by atoms with E-state index in [1.54, 1.807) is 18.3 Å². The predicted octanol–water partition coefficient (Wildman–Crippen LogP) is 1.41. The molecule has 0 bridgehead atoms. The summed E-state index contributed by atoms with van der Waals surface area (Å²) in [4.78, 5) is 17.5. The lowest BCUT2D eigenvalue weighted by Crippen LogP contribution is -2.39. The van der Waals surface area contributed by atoms with Crippen molar-refractivity contribution < 1.29 is 4.92 Å². The summed E-state index contributed by atoms with van der Waals surface area (Å²) >= 11 is 0. The molecule has 21 heavy (non-hydrogen) atoms. The van der Waals surface area contributed by atoms with Crippen LogP contribution in [-0.2, 0) is 6.54 Å². The average molecular weight is 289 g/mol. The van der Waals surface area contributed by atoms with E-state index in [0.29, 0.717) is 30.3 Å². The molecule has 1 aliphatic rings. The normalized spacial score (nSPS) is 16.5.